The van der Waals surface area contributed by atoms with Gasteiger partial charge in [-0.25, -0.2) is 0 Å². The molecule has 1 N–H and O–H groups in total. The zero-order valence-electron chi connectivity index (χ0n) is 11.9. The standard InChI is InChI=1S/C16H12Cl2N2O3/c17-11-3-1-4-12(18)10(11)6-7-19-16(21)13-9-15(23-20-13)14-5-2-8-22-14/h1-5,8-9H,6-7H2,(H,19,21). The molecule has 1 aromatic carbocycles. The van der Waals surface area contributed by atoms with E-state index in [1.807, 2.05) is 0 Å². The number of carbonyl (C=O) groups excluding carboxylic acids is 1. The van der Waals surface area contributed by atoms with Gasteiger partial charge < -0.3 is 14.3 Å². The molecule has 1 amide bonds. The zero-order valence-corrected chi connectivity index (χ0v) is 13.4. The van der Waals surface area contributed by atoms with Crippen molar-refractivity contribution in [1.82, 2.24) is 10.5 Å². The molecule has 118 valence electrons. The summed E-state index contributed by atoms with van der Waals surface area (Å²) in [6.45, 7) is 0.380. The molecular formula is C16H12Cl2N2O3. The van der Waals surface area contributed by atoms with Gasteiger partial charge in [0.15, 0.2) is 11.5 Å². The quantitative estimate of drug-likeness (QED) is 0.748. The van der Waals surface area contributed by atoms with Gasteiger partial charge in [0.05, 0.1) is 6.26 Å². The SMILES string of the molecule is O=C(NCCc1c(Cl)cccc1Cl)c1cc(-c2ccco2)on1. The Labute approximate surface area is 142 Å². The molecule has 0 radical (unpaired) electrons. The lowest BCUT2D eigenvalue weighted by Gasteiger charge is -2.07. The van der Waals surface area contributed by atoms with Crippen molar-refractivity contribution < 1.29 is 13.7 Å². The predicted octanol–water partition coefficient (Wildman–Crippen LogP) is 4.21. The van der Waals surface area contributed by atoms with Crippen molar-refractivity contribution in [2.45, 2.75) is 6.42 Å². The third-order valence-electron chi connectivity index (χ3n) is 3.23. The van der Waals surface area contributed by atoms with Crippen LogP contribution in [-0.4, -0.2) is 17.6 Å². The lowest BCUT2D eigenvalue weighted by atomic mass is 10.1. The van der Waals surface area contributed by atoms with Crippen LogP contribution in [0, 0.1) is 0 Å². The number of hydrogen-bond donors (Lipinski definition) is 1. The Balaban J connectivity index is 1.60. The normalized spacial score (nSPS) is 10.7. The molecule has 0 saturated carbocycles. The zero-order chi connectivity index (χ0) is 16.2. The van der Waals surface area contributed by atoms with E-state index in [1.165, 1.54) is 12.3 Å². The Bertz CT molecular complexity index is 792. The fourth-order valence-corrected chi connectivity index (χ4v) is 2.67. The van der Waals surface area contributed by atoms with Gasteiger partial charge in [0.2, 0.25) is 5.76 Å². The Kier molecular flexibility index (Phi) is 4.69. The monoisotopic (exact) mass is 350 g/mol. The number of amides is 1. The highest BCUT2D eigenvalue weighted by atomic mass is 35.5. The summed E-state index contributed by atoms with van der Waals surface area (Å²) in [7, 11) is 0. The highest BCUT2D eigenvalue weighted by Crippen LogP contribution is 2.24. The number of aromatic nitrogens is 1. The smallest absolute Gasteiger partial charge is 0.273 e. The molecule has 0 atom stereocenters. The minimum absolute atomic E-state index is 0.182. The van der Waals surface area contributed by atoms with Gasteiger partial charge in [0.1, 0.15) is 0 Å². The lowest BCUT2D eigenvalue weighted by Crippen LogP contribution is -2.26. The topological polar surface area (TPSA) is 68.3 Å². The summed E-state index contributed by atoms with van der Waals surface area (Å²) in [5, 5.41) is 7.64. The van der Waals surface area contributed by atoms with Gasteiger partial charge in [-0.15, -0.1) is 0 Å². The van der Waals surface area contributed by atoms with Gasteiger partial charge in [-0.3, -0.25) is 4.79 Å². The van der Waals surface area contributed by atoms with Crippen molar-refractivity contribution in [2.24, 2.45) is 0 Å². The Morgan fingerprint density at radius 3 is 2.61 bits per heavy atom. The number of furan rings is 1. The second kappa shape index (κ2) is 6.89. The lowest BCUT2D eigenvalue weighted by molar-refractivity contribution is 0.0945. The molecule has 3 aromatic rings. The van der Waals surface area contributed by atoms with Crippen LogP contribution < -0.4 is 5.32 Å². The minimum atomic E-state index is -0.338. The Morgan fingerprint density at radius 1 is 1.13 bits per heavy atom. The average Bonchev–Trinajstić information content (AvgIpc) is 3.20. The van der Waals surface area contributed by atoms with Crippen molar-refractivity contribution in [3.05, 3.63) is 64.0 Å². The van der Waals surface area contributed by atoms with Gasteiger partial charge >= 0.3 is 0 Å². The molecule has 0 unspecified atom stereocenters. The maximum absolute atomic E-state index is 12.1. The summed E-state index contributed by atoms with van der Waals surface area (Å²) in [4.78, 5) is 12.1. The summed E-state index contributed by atoms with van der Waals surface area (Å²) in [5.41, 5.74) is 0.981. The third-order valence-corrected chi connectivity index (χ3v) is 3.94. The molecule has 2 heterocycles. The van der Waals surface area contributed by atoms with Crippen LogP contribution in [0.5, 0.6) is 0 Å². The largest absolute Gasteiger partial charge is 0.461 e. The molecule has 0 aliphatic rings. The van der Waals surface area contributed by atoms with E-state index in [0.29, 0.717) is 34.5 Å². The van der Waals surface area contributed by atoms with E-state index in [9.17, 15) is 4.79 Å². The van der Waals surface area contributed by atoms with Crippen molar-refractivity contribution in [3.8, 4) is 11.5 Å². The van der Waals surface area contributed by atoms with E-state index in [4.69, 9.17) is 32.1 Å². The fraction of sp³-hybridized carbons (Fsp3) is 0.125. The molecule has 3 rings (SSSR count). The Morgan fingerprint density at radius 2 is 1.91 bits per heavy atom. The average molecular weight is 351 g/mol. The maximum Gasteiger partial charge on any atom is 0.273 e. The summed E-state index contributed by atoms with van der Waals surface area (Å²) < 4.78 is 10.3. The van der Waals surface area contributed by atoms with Crippen LogP contribution in [0.3, 0.4) is 0 Å². The Hall–Kier alpha value is -2.24. The number of nitrogens with one attached hydrogen (secondary N) is 1. The fourth-order valence-electron chi connectivity index (χ4n) is 2.08. The molecule has 0 aliphatic heterocycles. The highest BCUT2D eigenvalue weighted by Gasteiger charge is 2.15. The molecule has 5 nitrogen and oxygen atoms in total. The second-order valence-electron chi connectivity index (χ2n) is 4.76. The van der Waals surface area contributed by atoms with Crippen LogP contribution in [0.2, 0.25) is 10.0 Å². The summed E-state index contributed by atoms with van der Waals surface area (Å²) in [5.74, 6) is 0.573. The van der Waals surface area contributed by atoms with E-state index < -0.39 is 0 Å². The molecule has 0 bridgehead atoms. The molecular weight excluding hydrogens is 339 g/mol. The molecule has 0 spiro atoms. The molecule has 23 heavy (non-hydrogen) atoms. The van der Waals surface area contributed by atoms with Crippen LogP contribution in [0.1, 0.15) is 16.1 Å². The van der Waals surface area contributed by atoms with Crippen molar-refractivity contribution >= 4 is 29.1 Å². The van der Waals surface area contributed by atoms with E-state index in [1.54, 1.807) is 30.3 Å². The van der Waals surface area contributed by atoms with Gasteiger partial charge in [-0.1, -0.05) is 34.4 Å². The third kappa shape index (κ3) is 3.57. The maximum atomic E-state index is 12.1. The molecule has 2 aromatic heterocycles. The van der Waals surface area contributed by atoms with Gasteiger partial charge in [-0.05, 0) is 36.2 Å². The number of rotatable bonds is 5. The highest BCUT2D eigenvalue weighted by molar-refractivity contribution is 6.36. The number of halogens is 2. The number of hydrogen-bond acceptors (Lipinski definition) is 4. The first-order valence-corrected chi connectivity index (χ1v) is 7.62. The second-order valence-corrected chi connectivity index (χ2v) is 5.57. The van der Waals surface area contributed by atoms with Crippen LogP contribution in [0.4, 0.5) is 0 Å². The summed E-state index contributed by atoms with van der Waals surface area (Å²) in [6.07, 6.45) is 2.04. The van der Waals surface area contributed by atoms with Crippen molar-refractivity contribution in [1.29, 1.82) is 0 Å². The molecule has 0 saturated heterocycles. The van der Waals surface area contributed by atoms with Crippen LogP contribution >= 0.6 is 23.2 Å². The van der Waals surface area contributed by atoms with Crippen molar-refractivity contribution in [2.75, 3.05) is 6.54 Å². The summed E-state index contributed by atoms with van der Waals surface area (Å²) >= 11 is 12.2. The van der Waals surface area contributed by atoms with E-state index in [2.05, 4.69) is 10.5 Å². The van der Waals surface area contributed by atoms with Crippen LogP contribution in [0.15, 0.2) is 51.6 Å². The van der Waals surface area contributed by atoms with Crippen LogP contribution in [0.25, 0.3) is 11.5 Å². The molecule has 0 aliphatic carbocycles. The van der Waals surface area contributed by atoms with E-state index in [-0.39, 0.29) is 11.6 Å². The van der Waals surface area contributed by atoms with Gasteiger partial charge in [-0.2, -0.15) is 0 Å². The number of nitrogens with zero attached hydrogens (tertiary/aromatic N) is 1. The number of carbonyl (C=O) groups is 1. The predicted molar refractivity (Wildman–Crippen MR) is 86.7 cm³/mol. The molecule has 7 heteroatoms. The minimum Gasteiger partial charge on any atom is -0.461 e. The summed E-state index contributed by atoms with van der Waals surface area (Å²) in [6, 6.07) is 10.3. The first kappa shape index (κ1) is 15.6. The van der Waals surface area contributed by atoms with Gasteiger partial charge in [0, 0.05) is 22.7 Å². The molecule has 0 fully saturated rings. The van der Waals surface area contributed by atoms with Crippen LogP contribution in [-0.2, 0) is 6.42 Å². The van der Waals surface area contributed by atoms with Gasteiger partial charge in [0.25, 0.3) is 5.91 Å². The first-order valence-electron chi connectivity index (χ1n) is 6.87. The first-order chi connectivity index (χ1) is 11.1. The van der Waals surface area contributed by atoms with E-state index >= 15 is 0 Å². The van der Waals surface area contributed by atoms with Crippen molar-refractivity contribution in [3.63, 3.8) is 0 Å². The van der Waals surface area contributed by atoms with E-state index in [0.717, 1.165) is 5.56 Å². The number of benzene rings is 1.